The summed E-state index contributed by atoms with van der Waals surface area (Å²) < 4.78 is 15.5. The lowest BCUT2D eigenvalue weighted by Gasteiger charge is -2.18. The molecular formula is C7H15BCl2O3. The molecule has 0 aromatic carbocycles. The molecule has 0 fully saturated rings. The van der Waals surface area contributed by atoms with Gasteiger partial charge in [0.15, 0.2) is 5.02 Å². The van der Waals surface area contributed by atoms with Gasteiger partial charge in [-0.15, -0.1) is 0 Å². The molecule has 0 rings (SSSR count). The van der Waals surface area contributed by atoms with Gasteiger partial charge in [0, 0.05) is 12.2 Å². The van der Waals surface area contributed by atoms with Gasteiger partial charge in [0.05, 0.1) is 0 Å². The predicted octanol–water partition coefficient (Wildman–Crippen LogP) is 2.60. The van der Waals surface area contributed by atoms with Gasteiger partial charge in [-0.2, -0.15) is 0 Å². The van der Waals surface area contributed by atoms with Crippen LogP contribution in [-0.4, -0.2) is 24.6 Å². The standard InChI is InChI=1S/C7H15BCl2O3/c1-5(2)11-8(12-6(3)4)13-7(9)10/h5-7H,1-4H3. The molecule has 0 aromatic heterocycles. The Morgan fingerprint density at radius 2 is 1.23 bits per heavy atom. The average molecular weight is 229 g/mol. The van der Waals surface area contributed by atoms with Crippen molar-refractivity contribution in [3.63, 3.8) is 0 Å². The zero-order valence-corrected chi connectivity index (χ0v) is 9.80. The van der Waals surface area contributed by atoms with Gasteiger partial charge in [0.25, 0.3) is 0 Å². The van der Waals surface area contributed by atoms with E-state index >= 15 is 0 Å². The minimum absolute atomic E-state index is 0.00386. The van der Waals surface area contributed by atoms with E-state index in [2.05, 4.69) is 0 Å². The second-order valence-corrected chi connectivity index (χ2v) is 4.07. The summed E-state index contributed by atoms with van der Waals surface area (Å²) in [6, 6.07) is 0. The van der Waals surface area contributed by atoms with Crippen LogP contribution in [0.5, 0.6) is 0 Å². The Labute approximate surface area is 89.8 Å². The topological polar surface area (TPSA) is 27.7 Å². The van der Waals surface area contributed by atoms with Crippen molar-refractivity contribution in [1.82, 2.24) is 0 Å². The number of halogens is 2. The summed E-state index contributed by atoms with van der Waals surface area (Å²) in [5.41, 5.74) is 0. The van der Waals surface area contributed by atoms with E-state index in [4.69, 9.17) is 37.2 Å². The maximum absolute atomic E-state index is 5.42. The van der Waals surface area contributed by atoms with Crippen molar-refractivity contribution in [2.75, 3.05) is 0 Å². The Morgan fingerprint density at radius 1 is 0.846 bits per heavy atom. The molecule has 0 saturated carbocycles. The van der Waals surface area contributed by atoms with Crippen LogP contribution in [-0.2, 0) is 14.0 Å². The van der Waals surface area contributed by atoms with Crippen LogP contribution in [0.1, 0.15) is 27.7 Å². The van der Waals surface area contributed by atoms with Gasteiger partial charge in [-0.1, -0.05) is 23.2 Å². The number of rotatable bonds is 6. The summed E-state index contributed by atoms with van der Waals surface area (Å²) in [4.78, 5) is 0. The van der Waals surface area contributed by atoms with Crippen molar-refractivity contribution in [2.45, 2.75) is 44.9 Å². The van der Waals surface area contributed by atoms with Gasteiger partial charge >= 0.3 is 7.32 Å². The zero-order valence-electron chi connectivity index (χ0n) is 8.29. The van der Waals surface area contributed by atoms with Crippen LogP contribution in [0.15, 0.2) is 0 Å². The molecule has 0 aliphatic rings. The summed E-state index contributed by atoms with van der Waals surface area (Å²) in [5, 5.41) is -0.942. The van der Waals surface area contributed by atoms with Crippen molar-refractivity contribution in [3.8, 4) is 0 Å². The molecular weight excluding hydrogens is 214 g/mol. The highest BCUT2D eigenvalue weighted by Gasteiger charge is 2.26. The number of alkyl halides is 2. The number of hydrogen-bond donors (Lipinski definition) is 0. The van der Waals surface area contributed by atoms with E-state index in [1.165, 1.54) is 0 Å². The molecule has 0 amide bonds. The highest BCUT2D eigenvalue weighted by Crippen LogP contribution is 2.10. The summed E-state index contributed by atoms with van der Waals surface area (Å²) in [7, 11) is -0.806. The molecule has 13 heavy (non-hydrogen) atoms. The maximum Gasteiger partial charge on any atom is 0.641 e. The van der Waals surface area contributed by atoms with E-state index in [9.17, 15) is 0 Å². The first-order chi connectivity index (χ1) is 5.91. The maximum atomic E-state index is 5.42. The predicted molar refractivity (Wildman–Crippen MR) is 54.8 cm³/mol. The zero-order chi connectivity index (χ0) is 10.4. The first-order valence-corrected chi connectivity index (χ1v) is 5.03. The Kier molecular flexibility index (Phi) is 7.18. The second kappa shape index (κ2) is 6.90. The van der Waals surface area contributed by atoms with Crippen LogP contribution in [0.25, 0.3) is 0 Å². The van der Waals surface area contributed by atoms with E-state index in [-0.39, 0.29) is 12.2 Å². The minimum atomic E-state index is -0.942. The van der Waals surface area contributed by atoms with E-state index in [0.717, 1.165) is 0 Å². The van der Waals surface area contributed by atoms with Crippen LogP contribution < -0.4 is 0 Å². The number of hydrogen-bond acceptors (Lipinski definition) is 3. The first kappa shape index (κ1) is 13.5. The molecule has 6 heteroatoms. The third-order valence-electron chi connectivity index (χ3n) is 0.981. The molecule has 0 unspecified atom stereocenters. The average Bonchev–Trinajstić information content (AvgIpc) is 1.80. The highest BCUT2D eigenvalue weighted by molar-refractivity contribution is 6.47. The molecule has 0 aromatic rings. The van der Waals surface area contributed by atoms with E-state index < -0.39 is 12.3 Å². The summed E-state index contributed by atoms with van der Waals surface area (Å²) >= 11 is 10.8. The Balaban J connectivity index is 3.87. The Hall–Kier alpha value is 0.525. The third kappa shape index (κ3) is 8.84. The van der Waals surface area contributed by atoms with Crippen molar-refractivity contribution < 1.29 is 14.0 Å². The van der Waals surface area contributed by atoms with E-state index in [1.54, 1.807) is 0 Å². The van der Waals surface area contributed by atoms with Gasteiger partial charge in [-0.3, -0.25) is 0 Å². The van der Waals surface area contributed by atoms with Crippen molar-refractivity contribution in [3.05, 3.63) is 0 Å². The Bertz CT molecular complexity index is 109. The fourth-order valence-electron chi connectivity index (χ4n) is 0.625. The minimum Gasteiger partial charge on any atom is -0.384 e. The quantitative estimate of drug-likeness (QED) is 0.517. The fourth-order valence-corrected chi connectivity index (χ4v) is 0.793. The summed E-state index contributed by atoms with van der Waals surface area (Å²) in [5.74, 6) is 0. The molecule has 0 radical (unpaired) electrons. The van der Waals surface area contributed by atoms with Crippen LogP contribution >= 0.6 is 23.2 Å². The molecule has 0 saturated heterocycles. The van der Waals surface area contributed by atoms with Gasteiger partial charge < -0.3 is 14.0 Å². The molecule has 0 aliphatic heterocycles. The fraction of sp³-hybridized carbons (Fsp3) is 1.00. The van der Waals surface area contributed by atoms with Gasteiger partial charge in [0.1, 0.15) is 0 Å². The highest BCUT2D eigenvalue weighted by atomic mass is 35.5. The van der Waals surface area contributed by atoms with Crippen LogP contribution in [0, 0.1) is 0 Å². The summed E-state index contributed by atoms with van der Waals surface area (Å²) in [6.45, 7) is 7.49. The normalized spacial score (nSPS) is 11.8. The van der Waals surface area contributed by atoms with Crippen LogP contribution in [0.3, 0.4) is 0 Å². The van der Waals surface area contributed by atoms with E-state index in [1.807, 2.05) is 27.7 Å². The van der Waals surface area contributed by atoms with Crippen molar-refractivity contribution in [2.24, 2.45) is 0 Å². The molecule has 0 spiro atoms. The largest absolute Gasteiger partial charge is 0.641 e. The lowest BCUT2D eigenvalue weighted by atomic mass is 10.2. The molecule has 0 aliphatic carbocycles. The molecule has 3 nitrogen and oxygen atoms in total. The first-order valence-electron chi connectivity index (χ1n) is 4.16. The molecule has 0 bridgehead atoms. The molecule has 78 valence electrons. The second-order valence-electron chi connectivity index (χ2n) is 3.06. The molecule has 0 heterocycles. The lowest BCUT2D eigenvalue weighted by molar-refractivity contribution is 0.0548. The smallest absolute Gasteiger partial charge is 0.384 e. The Morgan fingerprint density at radius 3 is 1.46 bits per heavy atom. The van der Waals surface area contributed by atoms with Crippen molar-refractivity contribution >= 4 is 30.5 Å². The SMILES string of the molecule is CC(C)OB(OC(C)C)OC(Cl)Cl. The van der Waals surface area contributed by atoms with Gasteiger partial charge in [-0.05, 0) is 27.7 Å². The monoisotopic (exact) mass is 228 g/mol. The van der Waals surface area contributed by atoms with Gasteiger partial charge in [-0.25, -0.2) is 0 Å². The van der Waals surface area contributed by atoms with Gasteiger partial charge in [0.2, 0.25) is 0 Å². The lowest BCUT2D eigenvalue weighted by Crippen LogP contribution is -2.33. The van der Waals surface area contributed by atoms with Crippen LogP contribution in [0.2, 0.25) is 0 Å². The molecule has 0 N–H and O–H groups in total. The van der Waals surface area contributed by atoms with Crippen molar-refractivity contribution in [1.29, 1.82) is 0 Å². The summed E-state index contributed by atoms with van der Waals surface area (Å²) in [6.07, 6.45) is -0.00772. The van der Waals surface area contributed by atoms with E-state index in [0.29, 0.717) is 0 Å². The van der Waals surface area contributed by atoms with Crippen LogP contribution in [0.4, 0.5) is 0 Å². The molecule has 0 atom stereocenters. The third-order valence-corrected chi connectivity index (χ3v) is 1.19.